The van der Waals surface area contributed by atoms with Crippen molar-refractivity contribution in [1.29, 1.82) is 0 Å². The molecule has 0 aliphatic carbocycles. The molecule has 0 saturated heterocycles. The fourth-order valence-electron chi connectivity index (χ4n) is 1.08. The van der Waals surface area contributed by atoms with Gasteiger partial charge < -0.3 is 0 Å². The van der Waals surface area contributed by atoms with Crippen LogP contribution < -0.4 is 0 Å². The first-order chi connectivity index (χ1) is 5.95. The average Bonchev–Trinajstić information content (AvgIpc) is 2.59. The minimum atomic E-state index is 0. The third-order valence-corrected chi connectivity index (χ3v) is 1.66. The molecule has 0 radical (unpaired) electrons. The Morgan fingerprint density at radius 3 is 2.69 bits per heavy atom. The number of hydrogen-bond acceptors (Lipinski definition) is 2. The first kappa shape index (κ1) is 10.1. The second-order valence-electron chi connectivity index (χ2n) is 2.58. The van der Waals surface area contributed by atoms with Gasteiger partial charge >= 0.3 is 0 Å². The van der Waals surface area contributed by atoms with Crippen LogP contribution in [0.2, 0.25) is 0 Å². The molecule has 0 bridgehead atoms. The summed E-state index contributed by atoms with van der Waals surface area (Å²) in [4.78, 5) is 4.21. The van der Waals surface area contributed by atoms with E-state index < -0.39 is 0 Å². The van der Waals surface area contributed by atoms with Crippen LogP contribution in [0.15, 0.2) is 36.7 Å². The molecule has 2 rings (SSSR count). The van der Waals surface area contributed by atoms with E-state index in [1.165, 1.54) is 0 Å². The molecule has 0 aliphatic heterocycles. The van der Waals surface area contributed by atoms with Gasteiger partial charge in [-0.3, -0.25) is 10.1 Å². The van der Waals surface area contributed by atoms with Crippen LogP contribution in [-0.4, -0.2) is 15.2 Å². The number of rotatable bonds is 2. The van der Waals surface area contributed by atoms with Crippen molar-refractivity contribution in [3.8, 4) is 0 Å². The largest absolute Gasteiger partial charge is 0.282 e. The van der Waals surface area contributed by atoms with Gasteiger partial charge in [-0.1, -0.05) is 6.07 Å². The Balaban J connectivity index is 0.000000845. The third kappa shape index (κ3) is 2.78. The molecule has 0 saturated carbocycles. The molecular weight excluding hydrogens is 345 g/mol. The SMILES string of the molecule is [Pt].c1ccc(Cc2ccn[nH]2)nc1. The minimum Gasteiger partial charge on any atom is -0.282 e. The maximum atomic E-state index is 4.21. The summed E-state index contributed by atoms with van der Waals surface area (Å²) >= 11 is 0. The van der Waals surface area contributed by atoms with Crippen LogP contribution in [0.4, 0.5) is 0 Å². The van der Waals surface area contributed by atoms with Gasteiger partial charge in [0.15, 0.2) is 0 Å². The van der Waals surface area contributed by atoms with E-state index in [4.69, 9.17) is 0 Å². The number of pyridine rings is 1. The summed E-state index contributed by atoms with van der Waals surface area (Å²) in [5.74, 6) is 0. The summed E-state index contributed by atoms with van der Waals surface area (Å²) in [7, 11) is 0. The third-order valence-electron chi connectivity index (χ3n) is 1.66. The topological polar surface area (TPSA) is 41.6 Å². The molecule has 2 aromatic rings. The molecule has 13 heavy (non-hydrogen) atoms. The molecule has 4 heteroatoms. The quantitative estimate of drug-likeness (QED) is 0.886. The van der Waals surface area contributed by atoms with Crippen molar-refractivity contribution in [2.45, 2.75) is 6.42 Å². The predicted molar refractivity (Wildman–Crippen MR) is 45.6 cm³/mol. The normalized spacial score (nSPS) is 9.23. The van der Waals surface area contributed by atoms with E-state index in [0.29, 0.717) is 0 Å². The van der Waals surface area contributed by atoms with Crippen molar-refractivity contribution in [2.24, 2.45) is 0 Å². The van der Waals surface area contributed by atoms with Crippen LogP contribution >= 0.6 is 0 Å². The second kappa shape index (κ2) is 4.93. The van der Waals surface area contributed by atoms with Gasteiger partial charge in [-0.15, -0.1) is 0 Å². The molecule has 0 fully saturated rings. The van der Waals surface area contributed by atoms with Gasteiger partial charge in [-0.25, -0.2) is 0 Å². The van der Waals surface area contributed by atoms with Crippen LogP contribution in [0.3, 0.4) is 0 Å². The number of H-pyrrole nitrogens is 1. The summed E-state index contributed by atoms with van der Waals surface area (Å²) in [6, 6.07) is 7.85. The molecule has 0 amide bonds. The zero-order valence-electron chi connectivity index (χ0n) is 6.88. The van der Waals surface area contributed by atoms with E-state index in [2.05, 4.69) is 15.2 Å². The standard InChI is InChI=1S/C9H9N3.Pt/c1-2-5-10-8(3-1)7-9-4-6-11-12-9;/h1-6H,7H2,(H,11,12);. The molecule has 2 aromatic heterocycles. The smallest absolute Gasteiger partial charge is 0.0490 e. The van der Waals surface area contributed by atoms with Crippen molar-refractivity contribution < 1.29 is 21.1 Å². The van der Waals surface area contributed by atoms with Gasteiger partial charge in [0, 0.05) is 51.3 Å². The predicted octanol–water partition coefficient (Wildman–Crippen LogP) is 1.39. The zero-order chi connectivity index (χ0) is 8.23. The van der Waals surface area contributed by atoms with Crippen LogP contribution in [0.25, 0.3) is 0 Å². The fourth-order valence-corrected chi connectivity index (χ4v) is 1.08. The Hall–Kier alpha value is -0.952. The molecule has 0 aliphatic rings. The van der Waals surface area contributed by atoms with Crippen LogP contribution in [0.5, 0.6) is 0 Å². The summed E-state index contributed by atoms with van der Waals surface area (Å²) in [6.45, 7) is 0. The Kier molecular flexibility index (Phi) is 3.84. The maximum Gasteiger partial charge on any atom is 0.0490 e. The van der Waals surface area contributed by atoms with Gasteiger partial charge in [0.2, 0.25) is 0 Å². The molecule has 3 nitrogen and oxygen atoms in total. The van der Waals surface area contributed by atoms with Crippen LogP contribution in [0.1, 0.15) is 11.4 Å². The molecule has 0 atom stereocenters. The van der Waals surface area contributed by atoms with Gasteiger partial charge in [0.05, 0.1) is 0 Å². The summed E-state index contributed by atoms with van der Waals surface area (Å²) in [6.07, 6.45) is 4.37. The van der Waals surface area contributed by atoms with E-state index in [1.807, 2.05) is 24.3 Å². The Bertz CT molecular complexity index is 331. The van der Waals surface area contributed by atoms with Crippen molar-refractivity contribution in [2.75, 3.05) is 0 Å². The fraction of sp³-hybridized carbons (Fsp3) is 0.111. The Morgan fingerprint density at radius 2 is 2.08 bits per heavy atom. The second-order valence-corrected chi connectivity index (χ2v) is 2.58. The van der Waals surface area contributed by atoms with E-state index >= 15 is 0 Å². The van der Waals surface area contributed by atoms with E-state index in [1.54, 1.807) is 12.4 Å². The first-order valence-electron chi connectivity index (χ1n) is 3.83. The molecule has 0 spiro atoms. The number of hydrogen-bond donors (Lipinski definition) is 1. The number of aromatic nitrogens is 3. The molecule has 0 unspecified atom stereocenters. The van der Waals surface area contributed by atoms with Gasteiger partial charge in [-0.05, 0) is 18.2 Å². The zero-order valence-corrected chi connectivity index (χ0v) is 9.15. The number of nitrogens with zero attached hydrogens (tertiary/aromatic N) is 2. The number of aromatic amines is 1. The van der Waals surface area contributed by atoms with Crippen molar-refractivity contribution in [3.05, 3.63) is 48.0 Å². The van der Waals surface area contributed by atoms with E-state index in [9.17, 15) is 0 Å². The minimum absolute atomic E-state index is 0. The Morgan fingerprint density at radius 1 is 1.15 bits per heavy atom. The molecule has 2 heterocycles. The van der Waals surface area contributed by atoms with Crippen LogP contribution in [-0.2, 0) is 27.5 Å². The van der Waals surface area contributed by atoms with Gasteiger partial charge in [0.1, 0.15) is 0 Å². The Labute approximate surface area is 90.9 Å². The average molecular weight is 354 g/mol. The van der Waals surface area contributed by atoms with Crippen molar-refractivity contribution in [3.63, 3.8) is 0 Å². The summed E-state index contributed by atoms with van der Waals surface area (Å²) in [5.41, 5.74) is 2.15. The number of nitrogens with one attached hydrogen (secondary N) is 1. The van der Waals surface area contributed by atoms with Gasteiger partial charge in [0.25, 0.3) is 0 Å². The van der Waals surface area contributed by atoms with Crippen molar-refractivity contribution in [1.82, 2.24) is 15.2 Å². The maximum absolute atomic E-state index is 4.21. The summed E-state index contributed by atoms with van der Waals surface area (Å²) in [5, 5.41) is 6.76. The molecule has 1 N–H and O–H groups in total. The van der Waals surface area contributed by atoms with Crippen molar-refractivity contribution >= 4 is 0 Å². The molecular formula is C9H9N3Pt. The van der Waals surface area contributed by atoms with Crippen LogP contribution in [0, 0.1) is 0 Å². The summed E-state index contributed by atoms with van der Waals surface area (Å²) < 4.78 is 0. The van der Waals surface area contributed by atoms with E-state index in [-0.39, 0.29) is 21.1 Å². The molecule has 70 valence electrons. The van der Waals surface area contributed by atoms with Gasteiger partial charge in [-0.2, -0.15) is 5.10 Å². The van der Waals surface area contributed by atoms with E-state index in [0.717, 1.165) is 17.8 Å². The first-order valence-corrected chi connectivity index (χ1v) is 3.83. The monoisotopic (exact) mass is 354 g/mol. The molecule has 0 aromatic carbocycles.